The van der Waals surface area contributed by atoms with E-state index < -0.39 is 41.1 Å². The molecule has 0 aliphatic carbocycles. The summed E-state index contributed by atoms with van der Waals surface area (Å²) in [5.74, 6) is -2.93. The molecule has 10 nitrogen and oxygen atoms in total. The van der Waals surface area contributed by atoms with Crippen LogP contribution < -0.4 is 15.4 Å². The molecular formula is C19H13F4N5O5. The summed E-state index contributed by atoms with van der Waals surface area (Å²) >= 11 is 0. The van der Waals surface area contributed by atoms with Crippen molar-refractivity contribution in [2.24, 2.45) is 0 Å². The van der Waals surface area contributed by atoms with E-state index in [9.17, 15) is 32.5 Å². The summed E-state index contributed by atoms with van der Waals surface area (Å²) in [5.41, 5.74) is -0.549. The molecule has 3 N–H and O–H groups in total. The maximum absolute atomic E-state index is 13.4. The molecule has 0 atom stereocenters. The number of halogens is 4. The van der Waals surface area contributed by atoms with Crippen molar-refractivity contribution >= 4 is 29.1 Å². The molecule has 0 unspecified atom stereocenters. The summed E-state index contributed by atoms with van der Waals surface area (Å²) < 4.78 is 54.9. The van der Waals surface area contributed by atoms with Crippen molar-refractivity contribution in [3.05, 3.63) is 64.5 Å². The number of nitrogens with zero attached hydrogens (tertiary/aromatic N) is 3. The first-order chi connectivity index (χ1) is 15.5. The molecule has 0 aliphatic heterocycles. The number of carboxylic acid groups (broad SMARTS) is 1. The van der Waals surface area contributed by atoms with E-state index in [0.717, 1.165) is 24.3 Å². The lowest BCUT2D eigenvalue weighted by Gasteiger charge is -2.13. The molecule has 0 spiro atoms. The van der Waals surface area contributed by atoms with Crippen LogP contribution in [0.2, 0.25) is 0 Å². The van der Waals surface area contributed by atoms with Gasteiger partial charge in [-0.05, 0) is 24.3 Å². The molecule has 33 heavy (non-hydrogen) atoms. The SMILES string of the molecule is O=C(O)CNc1nc(Nc2ccc(F)cc2[N+](=O)[O-])cc(-c2cccc(OC(F)(F)F)c2)n1. The molecule has 0 amide bonds. The van der Waals surface area contributed by atoms with Gasteiger partial charge in [0.1, 0.15) is 29.6 Å². The molecule has 0 saturated heterocycles. The minimum atomic E-state index is -4.92. The number of hydrogen-bond acceptors (Lipinski definition) is 8. The molecule has 3 rings (SSSR count). The van der Waals surface area contributed by atoms with Gasteiger partial charge in [0, 0.05) is 11.6 Å². The van der Waals surface area contributed by atoms with Gasteiger partial charge >= 0.3 is 12.3 Å². The minimum Gasteiger partial charge on any atom is -0.480 e. The predicted octanol–water partition coefficient (Wildman–Crippen LogP) is 4.33. The summed E-state index contributed by atoms with van der Waals surface area (Å²) in [7, 11) is 0. The number of benzene rings is 2. The van der Waals surface area contributed by atoms with Crippen LogP contribution in [0.3, 0.4) is 0 Å². The Morgan fingerprint density at radius 2 is 1.91 bits per heavy atom. The Balaban J connectivity index is 2.03. The normalized spacial score (nSPS) is 11.0. The van der Waals surface area contributed by atoms with E-state index in [4.69, 9.17) is 5.11 Å². The summed E-state index contributed by atoms with van der Waals surface area (Å²) in [4.78, 5) is 29.3. The number of aromatic nitrogens is 2. The van der Waals surface area contributed by atoms with Crippen molar-refractivity contribution in [1.29, 1.82) is 0 Å². The molecule has 14 heteroatoms. The lowest BCUT2D eigenvalue weighted by Crippen LogP contribution is -2.17. The predicted molar refractivity (Wildman–Crippen MR) is 107 cm³/mol. The standard InChI is InChI=1S/C19H13F4N5O5/c20-11-4-5-13(15(7-11)28(31)32)25-16-8-14(26-18(27-16)24-9-17(29)30)10-2-1-3-12(6-10)33-19(21,22)23/h1-8H,9H2,(H,29,30)(H2,24,25,26,27). The first kappa shape index (κ1) is 23.2. The average Bonchev–Trinajstić information content (AvgIpc) is 2.72. The van der Waals surface area contributed by atoms with Gasteiger partial charge < -0.3 is 20.5 Å². The fourth-order valence-electron chi connectivity index (χ4n) is 2.64. The zero-order valence-electron chi connectivity index (χ0n) is 16.3. The third-order valence-corrected chi connectivity index (χ3v) is 3.91. The van der Waals surface area contributed by atoms with Crippen LogP contribution in [0.5, 0.6) is 5.75 Å². The quantitative estimate of drug-likeness (QED) is 0.251. The van der Waals surface area contributed by atoms with Crippen LogP contribution in [0, 0.1) is 15.9 Å². The number of alkyl halides is 3. The molecule has 0 aliphatic rings. The van der Waals surface area contributed by atoms with Gasteiger partial charge in [-0.15, -0.1) is 13.2 Å². The van der Waals surface area contributed by atoms with Crippen LogP contribution >= 0.6 is 0 Å². The van der Waals surface area contributed by atoms with Crippen LogP contribution in [0.25, 0.3) is 11.3 Å². The maximum atomic E-state index is 13.4. The largest absolute Gasteiger partial charge is 0.573 e. The number of anilines is 3. The van der Waals surface area contributed by atoms with Gasteiger partial charge in [-0.3, -0.25) is 14.9 Å². The Bertz CT molecular complexity index is 1210. The number of aliphatic carboxylic acids is 1. The van der Waals surface area contributed by atoms with Crippen molar-refractivity contribution in [2.45, 2.75) is 6.36 Å². The summed E-state index contributed by atoms with van der Waals surface area (Å²) in [6.07, 6.45) is -4.92. The zero-order valence-corrected chi connectivity index (χ0v) is 16.3. The van der Waals surface area contributed by atoms with Crippen LogP contribution in [-0.2, 0) is 4.79 Å². The highest BCUT2D eigenvalue weighted by Crippen LogP contribution is 2.31. The Hall–Kier alpha value is -4.49. The van der Waals surface area contributed by atoms with Gasteiger partial charge in [0.15, 0.2) is 0 Å². The van der Waals surface area contributed by atoms with E-state index in [1.807, 2.05) is 0 Å². The number of nitro groups is 1. The smallest absolute Gasteiger partial charge is 0.480 e. The maximum Gasteiger partial charge on any atom is 0.573 e. The minimum absolute atomic E-state index is 0.0396. The number of carboxylic acids is 1. The van der Waals surface area contributed by atoms with E-state index in [2.05, 4.69) is 25.3 Å². The summed E-state index contributed by atoms with van der Waals surface area (Å²) in [6.45, 7) is -0.586. The van der Waals surface area contributed by atoms with Crippen molar-refractivity contribution in [3.8, 4) is 17.0 Å². The van der Waals surface area contributed by atoms with Gasteiger partial charge in [-0.2, -0.15) is 4.98 Å². The van der Waals surface area contributed by atoms with Gasteiger partial charge in [-0.1, -0.05) is 12.1 Å². The highest BCUT2D eigenvalue weighted by Gasteiger charge is 2.31. The molecule has 1 heterocycles. The highest BCUT2D eigenvalue weighted by atomic mass is 19.4. The van der Waals surface area contributed by atoms with Crippen molar-refractivity contribution < 1.29 is 37.1 Å². The van der Waals surface area contributed by atoms with E-state index in [0.29, 0.717) is 6.07 Å². The highest BCUT2D eigenvalue weighted by molar-refractivity contribution is 5.74. The van der Waals surface area contributed by atoms with Crippen molar-refractivity contribution in [2.75, 3.05) is 17.2 Å². The number of rotatable bonds is 8. The molecule has 0 fully saturated rings. The van der Waals surface area contributed by atoms with E-state index in [1.54, 1.807) is 0 Å². The number of nitrogens with one attached hydrogen (secondary N) is 2. The third-order valence-electron chi connectivity index (χ3n) is 3.91. The average molecular weight is 467 g/mol. The number of carbonyl (C=O) groups is 1. The number of hydrogen-bond donors (Lipinski definition) is 3. The first-order valence-corrected chi connectivity index (χ1v) is 8.92. The fourth-order valence-corrected chi connectivity index (χ4v) is 2.64. The number of ether oxygens (including phenoxy) is 1. The lowest BCUT2D eigenvalue weighted by molar-refractivity contribution is -0.384. The lowest BCUT2D eigenvalue weighted by atomic mass is 10.1. The second-order valence-electron chi connectivity index (χ2n) is 6.33. The first-order valence-electron chi connectivity index (χ1n) is 8.92. The fraction of sp³-hybridized carbons (Fsp3) is 0.105. The summed E-state index contributed by atoms with van der Waals surface area (Å²) in [5, 5.41) is 25.1. The topological polar surface area (TPSA) is 140 Å². The second kappa shape index (κ2) is 9.33. The van der Waals surface area contributed by atoms with Gasteiger partial charge in [0.2, 0.25) is 5.95 Å². The molecule has 172 valence electrons. The van der Waals surface area contributed by atoms with Crippen LogP contribution in [0.1, 0.15) is 0 Å². The molecule has 0 radical (unpaired) electrons. The third kappa shape index (κ3) is 6.49. The molecular weight excluding hydrogens is 454 g/mol. The zero-order chi connectivity index (χ0) is 24.2. The van der Waals surface area contributed by atoms with Crippen molar-refractivity contribution in [3.63, 3.8) is 0 Å². The van der Waals surface area contributed by atoms with Gasteiger partial charge in [-0.25, -0.2) is 9.37 Å². The number of nitro benzene ring substituents is 1. The Kier molecular flexibility index (Phi) is 6.56. The van der Waals surface area contributed by atoms with Gasteiger partial charge in [0.25, 0.3) is 5.69 Å². The van der Waals surface area contributed by atoms with Gasteiger partial charge in [0.05, 0.1) is 16.7 Å². The van der Waals surface area contributed by atoms with Crippen LogP contribution in [0.15, 0.2) is 48.5 Å². The Labute approximate surface area is 182 Å². The Morgan fingerprint density at radius 1 is 1.15 bits per heavy atom. The van der Waals surface area contributed by atoms with Crippen molar-refractivity contribution in [1.82, 2.24) is 9.97 Å². The van der Waals surface area contributed by atoms with E-state index >= 15 is 0 Å². The molecule has 0 bridgehead atoms. The second-order valence-corrected chi connectivity index (χ2v) is 6.33. The van der Waals surface area contributed by atoms with Crippen LogP contribution in [-0.4, -0.2) is 38.9 Å². The molecule has 2 aromatic carbocycles. The molecule has 3 aromatic rings. The monoisotopic (exact) mass is 467 g/mol. The molecule has 1 aromatic heterocycles. The molecule has 0 saturated carbocycles. The summed E-state index contributed by atoms with van der Waals surface area (Å²) in [6, 6.07) is 8.81. The van der Waals surface area contributed by atoms with E-state index in [1.165, 1.54) is 18.2 Å². The Morgan fingerprint density at radius 3 is 2.58 bits per heavy atom. The van der Waals surface area contributed by atoms with E-state index in [-0.39, 0.29) is 28.7 Å². The van der Waals surface area contributed by atoms with Crippen LogP contribution in [0.4, 0.5) is 40.7 Å².